The smallest absolute Gasteiger partial charge is 0.417 e. The largest absolute Gasteiger partial charge is 0.480 e. The minimum Gasteiger partial charge on any atom is -0.480 e. The van der Waals surface area contributed by atoms with Gasteiger partial charge in [0.2, 0.25) is 17.7 Å². The Hall–Kier alpha value is -3.89. The molecule has 2 aromatic rings. The molecule has 17 heteroatoms. The molecule has 0 unspecified atom stereocenters. The number of benzene rings is 2. The first-order valence-electron chi connectivity index (χ1n) is 17.5. The van der Waals surface area contributed by atoms with Crippen LogP contribution in [0.3, 0.4) is 0 Å². The maximum Gasteiger partial charge on any atom is 0.417 e. The maximum absolute atomic E-state index is 14.0. The van der Waals surface area contributed by atoms with E-state index in [4.69, 9.17) is 0 Å². The fourth-order valence-electron chi connectivity index (χ4n) is 7.39. The summed E-state index contributed by atoms with van der Waals surface area (Å²) in [6, 6.07) is 4.99. The van der Waals surface area contributed by atoms with Gasteiger partial charge in [-0.2, -0.15) is 0 Å². The summed E-state index contributed by atoms with van der Waals surface area (Å²) < 4.78 is 28.0. The van der Waals surface area contributed by atoms with E-state index in [1.165, 1.54) is 36.1 Å². The van der Waals surface area contributed by atoms with Crippen LogP contribution < -0.4 is 21.6 Å². The van der Waals surface area contributed by atoms with Crippen molar-refractivity contribution < 1.29 is 48.2 Å². The van der Waals surface area contributed by atoms with E-state index in [9.17, 15) is 48.2 Å². The van der Waals surface area contributed by atoms with Crippen LogP contribution in [-0.2, 0) is 32.3 Å². The molecule has 1 fully saturated rings. The van der Waals surface area contributed by atoms with Crippen LogP contribution in [0, 0.1) is 17.6 Å². The fourth-order valence-corrected chi connectivity index (χ4v) is 7.39. The van der Waals surface area contributed by atoms with Crippen molar-refractivity contribution in [2.75, 3.05) is 19.6 Å². The van der Waals surface area contributed by atoms with Crippen molar-refractivity contribution in [2.24, 2.45) is 5.92 Å². The summed E-state index contributed by atoms with van der Waals surface area (Å²) in [5.41, 5.74) is 2.16. The number of unbranched alkanes of at least 4 members (excludes halogenated alkanes) is 1. The number of aliphatic carboxylic acids is 1. The molecule has 3 heterocycles. The average Bonchev–Trinajstić information content (AvgIpc) is 3.79. The molecule has 0 spiro atoms. The second-order valence-corrected chi connectivity index (χ2v) is 13.7. The third-order valence-corrected chi connectivity index (χ3v) is 10.3. The van der Waals surface area contributed by atoms with Gasteiger partial charge < -0.3 is 40.6 Å². The average molecular weight is 711 g/mol. The van der Waals surface area contributed by atoms with Gasteiger partial charge in [-0.05, 0) is 85.3 Å². The van der Waals surface area contributed by atoms with Gasteiger partial charge in [0.25, 0.3) is 0 Å². The minimum absolute atomic E-state index is 0.00174. The van der Waals surface area contributed by atoms with Crippen molar-refractivity contribution in [3.63, 3.8) is 0 Å². The SMILES string of the molecule is CC[C@@H](CCCCNC(=O)[C@H](CN1Cc2ccc(F)cc2B1O)N1Cc2ccc(F)cc2B1O)C(=O)N1CCC[C@H]1C(=O)N[C@H](C(=O)O)[C@@H](C)O. The second kappa shape index (κ2) is 16.6. The molecule has 0 aliphatic carbocycles. The molecule has 5 atom stereocenters. The van der Waals surface area contributed by atoms with Crippen LogP contribution in [0.4, 0.5) is 8.78 Å². The van der Waals surface area contributed by atoms with Crippen molar-refractivity contribution in [2.45, 2.75) is 89.7 Å². The van der Waals surface area contributed by atoms with Crippen molar-refractivity contribution in [1.82, 2.24) is 25.2 Å². The monoisotopic (exact) mass is 711 g/mol. The Morgan fingerprint density at radius 3 is 2.25 bits per heavy atom. The molecular formula is C34H45B2F2N5O8. The molecule has 0 radical (unpaired) electrons. The van der Waals surface area contributed by atoms with Gasteiger partial charge in [0.15, 0.2) is 6.04 Å². The molecule has 3 aliphatic rings. The molecule has 3 aliphatic heterocycles. The van der Waals surface area contributed by atoms with Gasteiger partial charge in [0, 0.05) is 38.6 Å². The lowest BCUT2D eigenvalue weighted by Crippen LogP contribution is -2.59. The van der Waals surface area contributed by atoms with E-state index in [1.807, 2.05) is 6.92 Å². The zero-order chi connectivity index (χ0) is 37.0. The number of carboxylic acid groups (broad SMARTS) is 1. The summed E-state index contributed by atoms with van der Waals surface area (Å²) in [6.45, 7) is 4.19. The van der Waals surface area contributed by atoms with Gasteiger partial charge in [0.1, 0.15) is 17.7 Å². The van der Waals surface area contributed by atoms with Crippen LogP contribution in [0.25, 0.3) is 0 Å². The number of amides is 3. The van der Waals surface area contributed by atoms with E-state index >= 15 is 0 Å². The number of halogens is 2. The molecule has 0 aromatic heterocycles. The molecule has 0 bridgehead atoms. The zero-order valence-electron chi connectivity index (χ0n) is 28.8. The van der Waals surface area contributed by atoms with Gasteiger partial charge in [-0.25, -0.2) is 13.6 Å². The number of fused-ring (bicyclic) bond motifs is 2. The van der Waals surface area contributed by atoms with Crippen LogP contribution in [0.5, 0.6) is 0 Å². The zero-order valence-corrected chi connectivity index (χ0v) is 28.8. The Balaban J connectivity index is 1.17. The van der Waals surface area contributed by atoms with Crippen molar-refractivity contribution in [3.8, 4) is 0 Å². The van der Waals surface area contributed by atoms with Crippen molar-refractivity contribution >= 4 is 48.7 Å². The summed E-state index contributed by atoms with van der Waals surface area (Å²) in [4.78, 5) is 56.3. The number of nitrogens with zero attached hydrogens (tertiary/aromatic N) is 3. The normalized spacial score (nSPS) is 19.7. The van der Waals surface area contributed by atoms with Crippen LogP contribution in [0.1, 0.15) is 63.5 Å². The van der Waals surface area contributed by atoms with Gasteiger partial charge in [-0.15, -0.1) is 0 Å². The van der Waals surface area contributed by atoms with E-state index in [0.717, 1.165) is 5.56 Å². The standard InChI is InChI=1S/C34H45B2F2N5O8/c1-3-21(33(47)42-14-6-8-28(42)32(46)40-30(20(2)44)34(48)49)7-4-5-13-39-31(45)29(43-18-23-10-12-25(38)16-27(23)36(43)51)19-41-17-22-9-11-24(37)15-26(22)35(41)50/h9-12,15-16,20-21,28-30,44,50-51H,3-8,13-14,17-19H2,1-2H3,(H,39,45)(H,40,46)(H,48,49)/t20-,21+,28+,29+,30+/m1/s1. The van der Waals surface area contributed by atoms with Crippen LogP contribution >= 0.6 is 0 Å². The minimum atomic E-state index is -1.49. The molecule has 13 nitrogen and oxygen atoms in total. The number of aliphatic hydroxyl groups excluding tert-OH is 1. The summed E-state index contributed by atoms with van der Waals surface area (Å²) in [5, 5.41) is 46.5. The maximum atomic E-state index is 14.0. The number of carbonyl (C=O) groups is 4. The van der Waals surface area contributed by atoms with Crippen molar-refractivity contribution in [3.05, 3.63) is 59.2 Å². The van der Waals surface area contributed by atoms with Crippen LogP contribution in [0.2, 0.25) is 0 Å². The van der Waals surface area contributed by atoms with Crippen LogP contribution in [-0.4, -0.2) is 116 Å². The first-order chi connectivity index (χ1) is 24.3. The number of nitrogens with one attached hydrogen (secondary N) is 2. The van der Waals surface area contributed by atoms with Crippen molar-refractivity contribution in [1.29, 1.82) is 0 Å². The van der Waals surface area contributed by atoms with E-state index in [2.05, 4.69) is 10.6 Å². The molecule has 0 saturated carbocycles. The molecule has 1 saturated heterocycles. The van der Waals surface area contributed by atoms with Gasteiger partial charge in [-0.1, -0.05) is 25.5 Å². The Kier molecular flexibility index (Phi) is 12.5. The Labute approximate surface area is 296 Å². The summed E-state index contributed by atoms with van der Waals surface area (Å²) >= 11 is 0. The molecular weight excluding hydrogens is 666 g/mol. The first-order valence-corrected chi connectivity index (χ1v) is 17.5. The third-order valence-electron chi connectivity index (χ3n) is 10.3. The molecule has 2 aromatic carbocycles. The van der Waals surface area contributed by atoms with E-state index in [1.54, 1.807) is 21.8 Å². The van der Waals surface area contributed by atoms with Gasteiger partial charge >= 0.3 is 20.1 Å². The van der Waals surface area contributed by atoms with Gasteiger partial charge in [0.05, 0.1) is 12.1 Å². The number of rotatable bonds is 15. The highest BCUT2D eigenvalue weighted by Gasteiger charge is 2.44. The predicted molar refractivity (Wildman–Crippen MR) is 184 cm³/mol. The van der Waals surface area contributed by atoms with E-state index < -0.39 is 73.7 Å². The highest BCUT2D eigenvalue weighted by molar-refractivity contribution is 6.66. The first kappa shape index (κ1) is 38.3. The van der Waals surface area contributed by atoms with E-state index in [-0.39, 0.29) is 32.1 Å². The number of hydrogen-bond donors (Lipinski definition) is 6. The molecule has 274 valence electrons. The quantitative estimate of drug-likeness (QED) is 0.102. The lowest BCUT2D eigenvalue weighted by molar-refractivity contribution is -0.147. The van der Waals surface area contributed by atoms with Gasteiger partial charge in [-0.3, -0.25) is 19.2 Å². The topological polar surface area (TPSA) is 183 Å². The highest BCUT2D eigenvalue weighted by atomic mass is 19.1. The highest BCUT2D eigenvalue weighted by Crippen LogP contribution is 2.25. The summed E-state index contributed by atoms with van der Waals surface area (Å²) in [7, 11) is -2.42. The fraction of sp³-hybridized carbons (Fsp3) is 0.529. The second-order valence-electron chi connectivity index (χ2n) is 13.7. The number of aliphatic hydroxyl groups is 1. The lowest BCUT2D eigenvalue weighted by atomic mass is 9.72. The van der Waals surface area contributed by atoms with E-state index in [0.29, 0.717) is 61.6 Å². The molecule has 3 amide bonds. The number of carbonyl (C=O) groups excluding carboxylic acids is 3. The summed E-state index contributed by atoms with van der Waals surface area (Å²) in [5.74, 6) is -4.00. The predicted octanol–water partition coefficient (Wildman–Crippen LogP) is -0.706. The molecule has 51 heavy (non-hydrogen) atoms. The number of likely N-dealkylation sites (tertiary alicyclic amines) is 1. The third kappa shape index (κ3) is 8.60. The Morgan fingerprint density at radius 1 is 0.980 bits per heavy atom. The number of hydrogen-bond acceptors (Lipinski definition) is 9. The molecule has 6 N–H and O–H groups in total. The Bertz CT molecular complexity index is 1620. The lowest BCUT2D eigenvalue weighted by Gasteiger charge is -2.32. The summed E-state index contributed by atoms with van der Waals surface area (Å²) in [6.07, 6.45) is 1.76. The number of carboxylic acids is 1. The van der Waals surface area contributed by atoms with Crippen LogP contribution in [0.15, 0.2) is 36.4 Å². The molecule has 5 rings (SSSR count). The Morgan fingerprint density at radius 2 is 1.63 bits per heavy atom.